The number of hydrogen-bond donors (Lipinski definition) is 0. The molecule has 0 atom stereocenters. The highest BCUT2D eigenvalue weighted by Gasteiger charge is 2.39. The van der Waals surface area contributed by atoms with Gasteiger partial charge in [-0.25, -0.2) is 9.67 Å². The first kappa shape index (κ1) is 19.2. The van der Waals surface area contributed by atoms with Crippen LogP contribution in [0.15, 0.2) is 36.8 Å². The van der Waals surface area contributed by atoms with Crippen molar-refractivity contribution in [2.75, 3.05) is 39.3 Å². The second-order valence-corrected chi connectivity index (χ2v) is 8.56. The van der Waals surface area contributed by atoms with Crippen molar-refractivity contribution in [1.82, 2.24) is 29.5 Å². The van der Waals surface area contributed by atoms with E-state index in [1.165, 1.54) is 19.3 Å². The van der Waals surface area contributed by atoms with E-state index in [1.54, 1.807) is 34.1 Å². The number of aromatic nitrogens is 3. The monoisotopic (exact) mass is 408 g/mol. The molecule has 0 unspecified atom stereocenters. The van der Waals surface area contributed by atoms with Crippen molar-refractivity contribution in [3.63, 3.8) is 0 Å². The predicted molar refractivity (Wildman–Crippen MR) is 111 cm³/mol. The molecular weight excluding hydrogens is 380 g/mol. The molecule has 0 spiro atoms. The smallest absolute Gasteiger partial charge is 0.255 e. The van der Waals surface area contributed by atoms with Crippen LogP contribution in [0.3, 0.4) is 0 Å². The van der Waals surface area contributed by atoms with Crippen LogP contribution >= 0.6 is 0 Å². The van der Waals surface area contributed by atoms with Crippen LogP contribution in [0.2, 0.25) is 0 Å². The molecule has 1 aliphatic carbocycles. The van der Waals surface area contributed by atoms with Crippen molar-refractivity contribution in [3.8, 4) is 5.82 Å². The van der Waals surface area contributed by atoms with Gasteiger partial charge in [0.05, 0.1) is 11.5 Å². The molecule has 158 valence electrons. The van der Waals surface area contributed by atoms with E-state index < -0.39 is 0 Å². The highest BCUT2D eigenvalue weighted by atomic mass is 16.2. The van der Waals surface area contributed by atoms with E-state index in [0.717, 1.165) is 38.6 Å². The van der Waals surface area contributed by atoms with E-state index in [-0.39, 0.29) is 17.7 Å². The van der Waals surface area contributed by atoms with Crippen LogP contribution < -0.4 is 0 Å². The first-order chi connectivity index (χ1) is 14.7. The molecule has 4 heterocycles. The van der Waals surface area contributed by atoms with Gasteiger partial charge in [-0.2, -0.15) is 5.10 Å². The summed E-state index contributed by atoms with van der Waals surface area (Å²) in [5.41, 5.74) is 0.544. The SMILES string of the molecule is O=C(c1ccc(-n2cccn2)nc1)N1CC(C(=O)N2CCCN(C3CCC3)CC2)C1. The highest BCUT2D eigenvalue weighted by Crippen LogP contribution is 2.26. The van der Waals surface area contributed by atoms with Crippen LogP contribution in [0.25, 0.3) is 5.82 Å². The van der Waals surface area contributed by atoms with Gasteiger partial charge >= 0.3 is 0 Å². The molecule has 8 heteroatoms. The fourth-order valence-corrected chi connectivity index (χ4v) is 4.57. The van der Waals surface area contributed by atoms with E-state index in [1.807, 2.05) is 17.2 Å². The largest absolute Gasteiger partial charge is 0.341 e. The minimum Gasteiger partial charge on any atom is -0.341 e. The van der Waals surface area contributed by atoms with Gasteiger partial charge in [0.2, 0.25) is 5.91 Å². The van der Waals surface area contributed by atoms with Crippen LogP contribution in [0.4, 0.5) is 0 Å². The summed E-state index contributed by atoms with van der Waals surface area (Å²) < 4.78 is 1.65. The molecule has 2 aromatic heterocycles. The van der Waals surface area contributed by atoms with Gasteiger partial charge in [-0.1, -0.05) is 6.42 Å². The van der Waals surface area contributed by atoms with Gasteiger partial charge in [-0.15, -0.1) is 0 Å². The summed E-state index contributed by atoms with van der Waals surface area (Å²) in [5.74, 6) is 0.748. The summed E-state index contributed by atoms with van der Waals surface area (Å²) in [7, 11) is 0. The third kappa shape index (κ3) is 3.71. The maximum absolute atomic E-state index is 12.9. The van der Waals surface area contributed by atoms with E-state index in [0.29, 0.717) is 24.5 Å². The van der Waals surface area contributed by atoms with E-state index in [9.17, 15) is 9.59 Å². The summed E-state index contributed by atoms with van der Waals surface area (Å²) in [6.45, 7) is 4.75. The van der Waals surface area contributed by atoms with Crippen LogP contribution in [0.1, 0.15) is 36.0 Å². The molecule has 0 N–H and O–H groups in total. The zero-order valence-electron chi connectivity index (χ0n) is 17.2. The molecule has 2 amide bonds. The predicted octanol–water partition coefficient (Wildman–Crippen LogP) is 1.43. The molecule has 0 aromatic carbocycles. The highest BCUT2D eigenvalue weighted by molar-refractivity contribution is 5.96. The van der Waals surface area contributed by atoms with Gasteiger partial charge in [-0.05, 0) is 37.5 Å². The lowest BCUT2D eigenvalue weighted by molar-refractivity contribution is -0.139. The molecule has 0 bridgehead atoms. The maximum Gasteiger partial charge on any atom is 0.255 e. The molecule has 3 aliphatic rings. The zero-order valence-corrected chi connectivity index (χ0v) is 17.2. The average molecular weight is 409 g/mol. The number of hydrogen-bond acceptors (Lipinski definition) is 5. The Morgan fingerprint density at radius 1 is 0.967 bits per heavy atom. The number of carbonyl (C=O) groups excluding carboxylic acids is 2. The standard InChI is InChI=1S/C22H28N6O2/c29-21(17-6-7-20(23-14-17)28-11-2-8-24-28)27-15-18(16-27)22(30)26-10-3-9-25(12-13-26)19-4-1-5-19/h2,6-8,11,14,18-19H,1,3-5,9-10,12-13,15-16H2. The van der Waals surface area contributed by atoms with Crippen LogP contribution in [0, 0.1) is 5.92 Å². The Bertz CT molecular complexity index is 887. The molecule has 30 heavy (non-hydrogen) atoms. The molecule has 1 saturated carbocycles. The minimum absolute atomic E-state index is 0.0643. The Kier molecular flexibility index (Phi) is 5.25. The van der Waals surface area contributed by atoms with Crippen molar-refractivity contribution in [3.05, 3.63) is 42.4 Å². The Labute approximate surface area is 176 Å². The first-order valence-corrected chi connectivity index (χ1v) is 11.0. The van der Waals surface area contributed by atoms with Gasteiger partial charge in [0.15, 0.2) is 5.82 Å². The Morgan fingerprint density at radius 3 is 2.50 bits per heavy atom. The molecule has 0 radical (unpaired) electrons. The Hall–Kier alpha value is -2.74. The normalized spacial score (nSPS) is 21.1. The van der Waals surface area contributed by atoms with Crippen molar-refractivity contribution < 1.29 is 9.59 Å². The lowest BCUT2D eigenvalue weighted by Gasteiger charge is -2.40. The molecule has 5 rings (SSSR count). The maximum atomic E-state index is 12.9. The summed E-state index contributed by atoms with van der Waals surface area (Å²) >= 11 is 0. The van der Waals surface area contributed by atoms with Crippen molar-refractivity contribution in [1.29, 1.82) is 0 Å². The van der Waals surface area contributed by atoms with Gasteiger partial charge < -0.3 is 9.80 Å². The topological polar surface area (TPSA) is 74.6 Å². The number of carbonyl (C=O) groups is 2. The summed E-state index contributed by atoms with van der Waals surface area (Å²) in [6.07, 6.45) is 10.1. The third-order valence-electron chi connectivity index (χ3n) is 6.69. The fraction of sp³-hybridized carbons (Fsp3) is 0.545. The Morgan fingerprint density at radius 2 is 1.83 bits per heavy atom. The zero-order chi connectivity index (χ0) is 20.5. The lowest BCUT2D eigenvalue weighted by atomic mass is 9.91. The van der Waals surface area contributed by atoms with Gasteiger partial charge in [0, 0.05) is 63.9 Å². The fourth-order valence-electron chi connectivity index (χ4n) is 4.57. The second kappa shape index (κ2) is 8.18. The van der Waals surface area contributed by atoms with Crippen LogP contribution in [-0.2, 0) is 4.79 Å². The number of likely N-dealkylation sites (tertiary alicyclic amines) is 1. The van der Waals surface area contributed by atoms with Gasteiger partial charge in [-0.3, -0.25) is 14.5 Å². The van der Waals surface area contributed by atoms with Gasteiger partial charge in [0.25, 0.3) is 5.91 Å². The minimum atomic E-state index is -0.0690. The summed E-state index contributed by atoms with van der Waals surface area (Å²) in [5, 5.41) is 4.14. The van der Waals surface area contributed by atoms with Gasteiger partial charge in [0.1, 0.15) is 0 Å². The third-order valence-corrected chi connectivity index (χ3v) is 6.69. The van der Waals surface area contributed by atoms with E-state index in [2.05, 4.69) is 15.0 Å². The number of amides is 2. The van der Waals surface area contributed by atoms with Crippen molar-refractivity contribution in [2.45, 2.75) is 31.7 Å². The number of pyridine rings is 1. The lowest BCUT2D eigenvalue weighted by Crippen LogP contribution is -2.56. The molecule has 2 aromatic rings. The molecule has 2 saturated heterocycles. The summed E-state index contributed by atoms with van der Waals surface area (Å²) in [4.78, 5) is 36.3. The number of rotatable bonds is 4. The molecular formula is C22H28N6O2. The average Bonchev–Trinajstić information content (AvgIpc) is 3.12. The quantitative estimate of drug-likeness (QED) is 0.765. The second-order valence-electron chi connectivity index (χ2n) is 8.56. The van der Waals surface area contributed by atoms with Crippen molar-refractivity contribution >= 4 is 11.8 Å². The summed E-state index contributed by atoms with van der Waals surface area (Å²) in [6, 6.07) is 6.12. The van der Waals surface area contributed by atoms with Crippen LogP contribution in [0.5, 0.6) is 0 Å². The van der Waals surface area contributed by atoms with Crippen LogP contribution in [-0.4, -0.2) is 86.6 Å². The molecule has 2 aliphatic heterocycles. The Balaban J connectivity index is 1.13. The first-order valence-electron chi connectivity index (χ1n) is 11.0. The number of nitrogens with zero attached hydrogens (tertiary/aromatic N) is 6. The van der Waals surface area contributed by atoms with E-state index >= 15 is 0 Å². The molecule has 3 fully saturated rings. The van der Waals surface area contributed by atoms with E-state index in [4.69, 9.17) is 0 Å². The van der Waals surface area contributed by atoms with Crippen molar-refractivity contribution in [2.24, 2.45) is 5.92 Å². The molecule has 8 nitrogen and oxygen atoms in total.